The van der Waals surface area contributed by atoms with Crippen molar-refractivity contribution in [1.82, 2.24) is 9.80 Å². The lowest BCUT2D eigenvalue weighted by Crippen LogP contribution is -2.53. The fraction of sp³-hybridized carbons (Fsp3) is 0.250. The van der Waals surface area contributed by atoms with Crippen LogP contribution in [0.3, 0.4) is 0 Å². The van der Waals surface area contributed by atoms with Crippen molar-refractivity contribution in [2.75, 3.05) is 6.54 Å². The summed E-state index contributed by atoms with van der Waals surface area (Å²) < 4.78 is 44.1. The minimum atomic E-state index is -4.40. The largest absolute Gasteiger partial charge is 0.416 e. The molecule has 5 heterocycles. The summed E-state index contributed by atoms with van der Waals surface area (Å²) >= 11 is 0. The van der Waals surface area contributed by atoms with Crippen LogP contribution < -0.4 is 4.57 Å². The maximum Gasteiger partial charge on any atom is 0.416 e. The molecule has 0 radical (unpaired) electrons. The SMILES string of the molecule is C=C1C2C(CCc3cc(C(F)(F)F)ccc3-c3cc(-c4ccccc4)c(C)c[n+]31)c1cccc3c1C1N(C=CN21)CC3. The molecule has 3 atom stereocenters. The number of alkyl halides is 3. The number of hydrogen-bond donors (Lipinski definition) is 0. The molecule has 4 aliphatic heterocycles. The third-order valence-electron chi connectivity index (χ3n) is 9.71. The molecule has 0 fully saturated rings. The Kier molecular flexibility index (Phi) is 5.50. The number of benzene rings is 3. The zero-order chi connectivity index (χ0) is 28.7. The Labute approximate surface area is 243 Å². The fourth-order valence-corrected chi connectivity index (χ4v) is 7.79. The van der Waals surface area contributed by atoms with E-state index in [-0.39, 0.29) is 18.1 Å². The van der Waals surface area contributed by atoms with Crippen molar-refractivity contribution in [3.05, 3.63) is 131 Å². The van der Waals surface area contributed by atoms with Gasteiger partial charge in [0.05, 0.1) is 5.56 Å². The molecule has 1 aromatic heterocycles. The zero-order valence-corrected chi connectivity index (χ0v) is 23.4. The highest BCUT2D eigenvalue weighted by Crippen LogP contribution is 2.52. The standard InChI is InChI=1S/C36H31F3N3/c1-22-21-42-23(2)34-30(29-10-6-9-25-15-16-40-17-18-41(34)35(40)33(25)29)13-11-26-19-27(36(37,38)39)12-14-28(26)32(42)20-31(22)24-7-4-3-5-8-24/h3-10,12,14,17-21,30,34-35H,2,11,13,15-16H2,1H3/q+1. The number of nitrogens with zero attached hydrogens (tertiary/aromatic N) is 3. The Morgan fingerprint density at radius 1 is 0.881 bits per heavy atom. The van der Waals surface area contributed by atoms with Gasteiger partial charge in [-0.15, -0.1) is 0 Å². The normalized spacial score (nSPS) is 22.0. The average molecular weight is 563 g/mol. The van der Waals surface area contributed by atoms with E-state index in [1.54, 1.807) is 6.07 Å². The molecule has 4 aliphatic rings. The zero-order valence-electron chi connectivity index (χ0n) is 23.4. The van der Waals surface area contributed by atoms with Gasteiger partial charge in [-0.1, -0.05) is 48.5 Å². The van der Waals surface area contributed by atoms with Gasteiger partial charge in [-0.05, 0) is 78.8 Å². The van der Waals surface area contributed by atoms with Gasteiger partial charge in [-0.25, -0.2) is 0 Å². The predicted molar refractivity (Wildman–Crippen MR) is 158 cm³/mol. The number of aromatic nitrogens is 1. The molecule has 0 saturated carbocycles. The summed E-state index contributed by atoms with van der Waals surface area (Å²) in [6.07, 6.45) is 4.52. The van der Waals surface area contributed by atoms with E-state index in [0.29, 0.717) is 6.42 Å². The molecular weight excluding hydrogens is 531 g/mol. The van der Waals surface area contributed by atoms with Gasteiger partial charge in [0.25, 0.3) is 0 Å². The first-order chi connectivity index (χ1) is 20.3. The predicted octanol–water partition coefficient (Wildman–Crippen LogP) is 7.86. The summed E-state index contributed by atoms with van der Waals surface area (Å²) in [6.45, 7) is 7.81. The topological polar surface area (TPSA) is 10.4 Å². The lowest BCUT2D eigenvalue weighted by atomic mass is 9.75. The second-order valence-corrected chi connectivity index (χ2v) is 12.0. The molecule has 8 rings (SSSR count). The van der Waals surface area contributed by atoms with Crippen molar-refractivity contribution in [2.24, 2.45) is 0 Å². The molecule has 4 aromatic rings. The van der Waals surface area contributed by atoms with Crippen LogP contribution in [0.15, 0.2) is 98.0 Å². The highest BCUT2D eigenvalue weighted by molar-refractivity contribution is 5.74. The molecule has 42 heavy (non-hydrogen) atoms. The third kappa shape index (κ3) is 3.70. The van der Waals surface area contributed by atoms with E-state index in [4.69, 9.17) is 6.58 Å². The van der Waals surface area contributed by atoms with Crippen molar-refractivity contribution in [2.45, 2.75) is 50.5 Å². The van der Waals surface area contributed by atoms with Crippen LogP contribution >= 0.6 is 0 Å². The van der Waals surface area contributed by atoms with Crippen LogP contribution in [0, 0.1) is 6.92 Å². The smallest absolute Gasteiger partial charge is 0.352 e. The second kappa shape index (κ2) is 9.09. The first kappa shape index (κ1) is 25.4. The van der Waals surface area contributed by atoms with Crippen molar-refractivity contribution in [3.8, 4) is 22.4 Å². The quantitative estimate of drug-likeness (QED) is 0.219. The van der Waals surface area contributed by atoms with Gasteiger partial charge in [-0.3, -0.25) is 0 Å². The summed E-state index contributed by atoms with van der Waals surface area (Å²) in [5.74, 6) is 0.0846. The number of rotatable bonds is 1. The Bertz CT molecular complexity index is 1790. The summed E-state index contributed by atoms with van der Waals surface area (Å²) in [5.41, 5.74) is 10.0. The van der Waals surface area contributed by atoms with E-state index >= 15 is 0 Å². The Hall–Kier alpha value is -4.32. The summed E-state index contributed by atoms with van der Waals surface area (Å²) in [6, 6.07) is 23.2. The number of aryl methyl sites for hydroxylation is 2. The van der Waals surface area contributed by atoms with Crippen molar-refractivity contribution >= 4 is 5.70 Å². The van der Waals surface area contributed by atoms with Crippen LogP contribution in [0.25, 0.3) is 28.1 Å². The van der Waals surface area contributed by atoms with E-state index in [1.165, 1.54) is 28.8 Å². The van der Waals surface area contributed by atoms with E-state index < -0.39 is 11.7 Å². The van der Waals surface area contributed by atoms with Gasteiger partial charge >= 0.3 is 6.18 Å². The summed E-state index contributed by atoms with van der Waals surface area (Å²) in [7, 11) is 0. The summed E-state index contributed by atoms with van der Waals surface area (Å²) in [4.78, 5) is 4.87. The van der Waals surface area contributed by atoms with Crippen molar-refractivity contribution in [1.29, 1.82) is 0 Å². The third-order valence-corrected chi connectivity index (χ3v) is 9.71. The van der Waals surface area contributed by atoms with E-state index in [1.807, 2.05) is 18.2 Å². The lowest BCUT2D eigenvalue weighted by Gasteiger charge is -2.48. The van der Waals surface area contributed by atoms with Gasteiger partial charge in [0.2, 0.25) is 11.4 Å². The molecular formula is C36H31F3N3+. The summed E-state index contributed by atoms with van der Waals surface area (Å²) in [5, 5.41) is 0. The Morgan fingerprint density at radius 3 is 2.52 bits per heavy atom. The molecule has 0 saturated heterocycles. The molecule has 3 aromatic carbocycles. The lowest BCUT2D eigenvalue weighted by molar-refractivity contribution is -0.574. The van der Waals surface area contributed by atoms with Crippen LogP contribution in [0.1, 0.15) is 51.9 Å². The first-order valence-electron chi connectivity index (χ1n) is 14.6. The van der Waals surface area contributed by atoms with E-state index in [9.17, 15) is 13.2 Å². The van der Waals surface area contributed by atoms with E-state index in [2.05, 4.69) is 76.3 Å². The molecule has 6 heteroatoms. The number of hydrogen-bond acceptors (Lipinski definition) is 2. The van der Waals surface area contributed by atoms with Crippen LogP contribution in [0.5, 0.6) is 0 Å². The van der Waals surface area contributed by atoms with Gasteiger partial charge in [-0.2, -0.15) is 17.7 Å². The maximum absolute atomic E-state index is 14.0. The molecule has 0 amide bonds. The average Bonchev–Trinajstić information content (AvgIpc) is 3.44. The van der Waals surface area contributed by atoms with Crippen molar-refractivity contribution < 1.29 is 17.7 Å². The van der Waals surface area contributed by atoms with E-state index in [0.717, 1.165) is 58.6 Å². The highest BCUT2D eigenvalue weighted by atomic mass is 19.4. The van der Waals surface area contributed by atoms with Gasteiger partial charge in [0, 0.05) is 47.6 Å². The highest BCUT2D eigenvalue weighted by Gasteiger charge is 2.50. The fourth-order valence-electron chi connectivity index (χ4n) is 7.79. The number of fused-ring (bicyclic) bond motifs is 6. The van der Waals surface area contributed by atoms with Crippen LogP contribution in [0.4, 0.5) is 13.2 Å². The Balaban J connectivity index is 1.38. The molecule has 3 unspecified atom stereocenters. The van der Waals surface area contributed by atoms with Gasteiger partial charge < -0.3 is 9.80 Å². The number of halogens is 3. The minimum Gasteiger partial charge on any atom is -0.352 e. The van der Waals surface area contributed by atoms with Crippen LogP contribution in [-0.4, -0.2) is 22.4 Å². The molecule has 0 bridgehead atoms. The Morgan fingerprint density at radius 2 is 1.71 bits per heavy atom. The molecule has 0 spiro atoms. The molecule has 3 nitrogen and oxygen atoms in total. The molecule has 0 aliphatic carbocycles. The monoisotopic (exact) mass is 562 g/mol. The second-order valence-electron chi connectivity index (χ2n) is 12.0. The van der Waals surface area contributed by atoms with Crippen LogP contribution in [0.2, 0.25) is 0 Å². The molecule has 210 valence electrons. The molecule has 0 N–H and O–H groups in total. The van der Waals surface area contributed by atoms with Crippen molar-refractivity contribution in [3.63, 3.8) is 0 Å². The van der Waals surface area contributed by atoms with Crippen LogP contribution in [-0.2, 0) is 19.0 Å². The maximum atomic E-state index is 14.0. The minimum absolute atomic E-state index is 0.0424. The first-order valence-corrected chi connectivity index (χ1v) is 14.6. The van der Waals surface area contributed by atoms with Gasteiger partial charge in [0.1, 0.15) is 12.2 Å². The van der Waals surface area contributed by atoms with Gasteiger partial charge in [0.15, 0.2) is 6.20 Å². The number of pyridine rings is 1.